The van der Waals surface area contributed by atoms with Crippen LogP contribution >= 0.6 is 0 Å². The molecule has 1 aromatic carbocycles. The summed E-state index contributed by atoms with van der Waals surface area (Å²) in [5, 5.41) is 0. The summed E-state index contributed by atoms with van der Waals surface area (Å²) in [5.74, 6) is 0.300. The fraction of sp³-hybridized carbons (Fsp3) is 0. The molecule has 0 spiro atoms. The Morgan fingerprint density at radius 1 is 1.33 bits per heavy atom. The molecule has 1 heterocycles. The summed E-state index contributed by atoms with van der Waals surface area (Å²) in [6.07, 6.45) is 2.67. The number of rotatable bonds is 2. The number of carbonyl (C=O) groups is 1. The Morgan fingerprint density at radius 3 is 2.60 bits per heavy atom. The molecule has 0 radical (unpaired) electrons. The molecule has 0 aliphatic carbocycles. The molecule has 0 saturated heterocycles. The topological polar surface area (TPSA) is 72.4 Å². The number of urea groups is 1. The van der Waals surface area contributed by atoms with Gasteiger partial charge in [-0.3, -0.25) is 0 Å². The Bertz CT molecular complexity index is 439. The molecular formula is C10H9N3O2. The summed E-state index contributed by atoms with van der Waals surface area (Å²) in [7, 11) is 0. The average molecular weight is 203 g/mol. The molecule has 0 aliphatic rings. The number of para-hydroxylation sites is 1. The predicted octanol–water partition coefficient (Wildman–Crippen LogP) is 1.89. The van der Waals surface area contributed by atoms with E-state index >= 15 is 0 Å². The number of hydrogen-bond acceptors (Lipinski definition) is 3. The van der Waals surface area contributed by atoms with Crippen molar-refractivity contribution < 1.29 is 9.21 Å². The average Bonchev–Trinajstić information content (AvgIpc) is 2.72. The van der Waals surface area contributed by atoms with Crippen LogP contribution in [0.25, 0.3) is 0 Å². The van der Waals surface area contributed by atoms with Gasteiger partial charge < -0.3 is 10.2 Å². The lowest BCUT2D eigenvalue weighted by molar-refractivity contribution is 0.255. The maximum Gasteiger partial charge on any atom is 0.326 e. The third-order valence-corrected chi connectivity index (χ3v) is 1.87. The first-order valence-electron chi connectivity index (χ1n) is 4.32. The molecule has 0 unspecified atom stereocenters. The van der Waals surface area contributed by atoms with Gasteiger partial charge in [0.1, 0.15) is 0 Å². The minimum Gasteiger partial charge on any atom is -0.427 e. The Kier molecular flexibility index (Phi) is 2.37. The fourth-order valence-electron chi connectivity index (χ4n) is 1.26. The van der Waals surface area contributed by atoms with E-state index in [0.717, 1.165) is 0 Å². The Balaban J connectivity index is 2.42. The molecule has 0 aliphatic heterocycles. The van der Waals surface area contributed by atoms with Crippen molar-refractivity contribution in [3.63, 3.8) is 0 Å². The third kappa shape index (κ3) is 1.80. The van der Waals surface area contributed by atoms with E-state index in [-0.39, 0.29) is 0 Å². The van der Waals surface area contributed by atoms with E-state index in [1.54, 1.807) is 12.1 Å². The lowest BCUT2D eigenvalue weighted by Crippen LogP contribution is -2.31. The molecule has 0 atom stereocenters. The van der Waals surface area contributed by atoms with E-state index in [1.807, 2.05) is 18.2 Å². The van der Waals surface area contributed by atoms with Gasteiger partial charge >= 0.3 is 6.03 Å². The lowest BCUT2D eigenvalue weighted by atomic mass is 10.3. The maximum atomic E-state index is 11.3. The number of nitrogens with two attached hydrogens (primary N) is 1. The highest BCUT2D eigenvalue weighted by Crippen LogP contribution is 2.23. The van der Waals surface area contributed by atoms with Crippen molar-refractivity contribution >= 4 is 17.6 Å². The molecule has 5 heteroatoms. The number of aromatic nitrogens is 1. The summed E-state index contributed by atoms with van der Waals surface area (Å²) >= 11 is 0. The smallest absolute Gasteiger partial charge is 0.326 e. The molecule has 0 fully saturated rings. The van der Waals surface area contributed by atoms with Crippen LogP contribution in [0.3, 0.4) is 0 Å². The van der Waals surface area contributed by atoms with Gasteiger partial charge in [0.05, 0.1) is 11.9 Å². The highest BCUT2D eigenvalue weighted by atomic mass is 16.4. The van der Waals surface area contributed by atoms with Crippen molar-refractivity contribution in [1.82, 2.24) is 4.98 Å². The Labute approximate surface area is 86.1 Å². The SMILES string of the molecule is NC(=O)N(c1ccccc1)c1cnco1. The second-order valence-corrected chi connectivity index (χ2v) is 2.85. The molecule has 5 nitrogen and oxygen atoms in total. The molecule has 0 bridgehead atoms. The molecule has 2 amide bonds. The van der Waals surface area contributed by atoms with E-state index in [9.17, 15) is 4.79 Å². The molecule has 2 aromatic rings. The van der Waals surface area contributed by atoms with Gasteiger partial charge in [0.2, 0.25) is 5.88 Å². The first-order valence-corrected chi connectivity index (χ1v) is 4.32. The standard InChI is InChI=1S/C10H9N3O2/c11-10(14)13(9-6-12-7-15-9)8-4-2-1-3-5-8/h1-7H,(H2,11,14). The predicted molar refractivity (Wildman–Crippen MR) is 54.7 cm³/mol. The summed E-state index contributed by atoms with van der Waals surface area (Å²) < 4.78 is 5.03. The number of anilines is 2. The van der Waals surface area contributed by atoms with E-state index in [2.05, 4.69) is 4.98 Å². The van der Waals surface area contributed by atoms with Crippen LogP contribution in [0.5, 0.6) is 0 Å². The van der Waals surface area contributed by atoms with Crippen molar-refractivity contribution in [1.29, 1.82) is 0 Å². The quantitative estimate of drug-likeness (QED) is 0.809. The molecule has 15 heavy (non-hydrogen) atoms. The summed E-state index contributed by atoms with van der Waals surface area (Å²) in [6.45, 7) is 0. The monoisotopic (exact) mass is 203 g/mol. The highest BCUT2D eigenvalue weighted by Gasteiger charge is 2.17. The van der Waals surface area contributed by atoms with Crippen LogP contribution < -0.4 is 10.6 Å². The van der Waals surface area contributed by atoms with Gasteiger partial charge in [-0.2, -0.15) is 0 Å². The number of nitrogens with zero attached hydrogens (tertiary/aromatic N) is 2. The van der Waals surface area contributed by atoms with E-state index < -0.39 is 6.03 Å². The normalized spacial score (nSPS) is 9.87. The van der Waals surface area contributed by atoms with Gasteiger partial charge in [0, 0.05) is 0 Å². The number of primary amides is 1. The number of benzene rings is 1. The zero-order valence-electron chi connectivity index (χ0n) is 7.83. The van der Waals surface area contributed by atoms with Crippen molar-refractivity contribution in [3.8, 4) is 0 Å². The minimum atomic E-state index is -0.613. The Hall–Kier alpha value is -2.30. The van der Waals surface area contributed by atoms with Crippen molar-refractivity contribution in [3.05, 3.63) is 42.9 Å². The highest BCUT2D eigenvalue weighted by molar-refractivity contribution is 5.96. The molecule has 1 aromatic heterocycles. The lowest BCUT2D eigenvalue weighted by Gasteiger charge is -2.16. The van der Waals surface area contributed by atoms with Crippen molar-refractivity contribution in [2.75, 3.05) is 4.90 Å². The zero-order valence-corrected chi connectivity index (χ0v) is 7.83. The second kappa shape index (κ2) is 3.83. The van der Waals surface area contributed by atoms with E-state index in [0.29, 0.717) is 11.6 Å². The van der Waals surface area contributed by atoms with Gasteiger partial charge in [-0.25, -0.2) is 14.7 Å². The van der Waals surface area contributed by atoms with Crippen molar-refractivity contribution in [2.24, 2.45) is 5.73 Å². The van der Waals surface area contributed by atoms with E-state index in [1.165, 1.54) is 17.5 Å². The van der Waals surface area contributed by atoms with Crippen LogP contribution in [0.15, 0.2) is 47.3 Å². The fourth-order valence-corrected chi connectivity index (χ4v) is 1.26. The van der Waals surface area contributed by atoms with Gasteiger partial charge in [-0.15, -0.1) is 0 Å². The van der Waals surface area contributed by atoms with Gasteiger partial charge in [-0.1, -0.05) is 18.2 Å². The molecule has 0 saturated carbocycles. The maximum absolute atomic E-state index is 11.3. The van der Waals surface area contributed by atoms with Crippen LogP contribution in [0.4, 0.5) is 16.4 Å². The number of carbonyl (C=O) groups excluding carboxylic acids is 1. The molecular weight excluding hydrogens is 194 g/mol. The zero-order chi connectivity index (χ0) is 10.7. The molecule has 76 valence electrons. The van der Waals surface area contributed by atoms with Gasteiger partial charge in [0.25, 0.3) is 0 Å². The number of oxazole rings is 1. The second-order valence-electron chi connectivity index (χ2n) is 2.85. The van der Waals surface area contributed by atoms with Crippen LogP contribution in [0.2, 0.25) is 0 Å². The first kappa shape index (κ1) is 9.26. The van der Waals surface area contributed by atoms with Crippen LogP contribution in [0.1, 0.15) is 0 Å². The summed E-state index contributed by atoms with van der Waals surface area (Å²) in [4.78, 5) is 16.2. The third-order valence-electron chi connectivity index (χ3n) is 1.87. The van der Waals surface area contributed by atoms with Crippen LogP contribution in [-0.4, -0.2) is 11.0 Å². The van der Waals surface area contributed by atoms with Gasteiger partial charge in [-0.05, 0) is 12.1 Å². The van der Waals surface area contributed by atoms with Crippen LogP contribution in [0, 0.1) is 0 Å². The van der Waals surface area contributed by atoms with Gasteiger partial charge in [0.15, 0.2) is 6.39 Å². The Morgan fingerprint density at radius 2 is 2.07 bits per heavy atom. The summed E-state index contributed by atoms with van der Waals surface area (Å²) in [5.41, 5.74) is 5.90. The number of hydrogen-bond donors (Lipinski definition) is 1. The molecule has 2 N–H and O–H groups in total. The van der Waals surface area contributed by atoms with E-state index in [4.69, 9.17) is 10.2 Å². The minimum absolute atomic E-state index is 0.300. The summed E-state index contributed by atoms with van der Waals surface area (Å²) in [6, 6.07) is 8.37. The largest absolute Gasteiger partial charge is 0.427 e. The number of amides is 2. The first-order chi connectivity index (χ1) is 7.29. The van der Waals surface area contributed by atoms with Crippen LogP contribution in [-0.2, 0) is 0 Å². The van der Waals surface area contributed by atoms with Crippen molar-refractivity contribution in [2.45, 2.75) is 0 Å². The molecule has 2 rings (SSSR count).